The molecule has 0 atom stereocenters. The average Bonchev–Trinajstić information content (AvgIpc) is 2.70. The minimum Gasteiger partial charge on any atom is -0.450 e. The highest BCUT2D eigenvalue weighted by Gasteiger charge is 2.22. The topological polar surface area (TPSA) is 82.8 Å². The lowest BCUT2D eigenvalue weighted by molar-refractivity contribution is 0.245. The molecule has 0 aliphatic heterocycles. The van der Waals surface area contributed by atoms with E-state index in [2.05, 4.69) is 20.7 Å². The largest absolute Gasteiger partial charge is 0.450 e. The van der Waals surface area contributed by atoms with Crippen LogP contribution in [-0.2, 0) is 16.6 Å². The number of halogens is 1. The van der Waals surface area contributed by atoms with Crippen molar-refractivity contribution < 1.29 is 17.9 Å². The molecule has 0 amide bonds. The van der Waals surface area contributed by atoms with E-state index < -0.39 is 10.0 Å². The van der Waals surface area contributed by atoms with E-state index in [9.17, 15) is 8.42 Å². The SMILES string of the molecule is CC(C)N(C)CCNS(=O)(=O)c1cc(CO)oc1Br. The smallest absolute Gasteiger partial charge is 0.245 e. The van der Waals surface area contributed by atoms with Gasteiger partial charge in [-0.2, -0.15) is 0 Å². The summed E-state index contributed by atoms with van der Waals surface area (Å²) in [6.45, 7) is 4.65. The zero-order valence-electron chi connectivity index (χ0n) is 11.2. The van der Waals surface area contributed by atoms with Crippen LogP contribution in [0.25, 0.3) is 0 Å². The number of likely N-dealkylation sites (N-methyl/N-ethyl adjacent to an activating group) is 1. The van der Waals surface area contributed by atoms with Crippen molar-refractivity contribution in [1.82, 2.24) is 9.62 Å². The number of sulfonamides is 1. The van der Waals surface area contributed by atoms with Gasteiger partial charge < -0.3 is 14.4 Å². The fraction of sp³-hybridized carbons (Fsp3) is 0.636. The van der Waals surface area contributed by atoms with Crippen LogP contribution in [0.4, 0.5) is 0 Å². The molecule has 0 unspecified atom stereocenters. The third kappa shape index (κ3) is 4.57. The molecule has 0 radical (unpaired) electrons. The maximum atomic E-state index is 12.0. The number of furan rings is 1. The lowest BCUT2D eigenvalue weighted by atomic mass is 10.3. The molecule has 0 saturated heterocycles. The summed E-state index contributed by atoms with van der Waals surface area (Å²) in [4.78, 5) is 2.04. The van der Waals surface area contributed by atoms with Crippen LogP contribution in [0.5, 0.6) is 0 Å². The summed E-state index contributed by atoms with van der Waals surface area (Å²) in [6, 6.07) is 1.66. The Labute approximate surface area is 122 Å². The van der Waals surface area contributed by atoms with Gasteiger partial charge in [-0.15, -0.1) is 0 Å². The molecule has 0 spiro atoms. The van der Waals surface area contributed by atoms with Crippen molar-refractivity contribution in [3.63, 3.8) is 0 Å². The first kappa shape index (κ1) is 16.6. The first-order chi connectivity index (χ1) is 8.77. The van der Waals surface area contributed by atoms with Gasteiger partial charge in [0.25, 0.3) is 0 Å². The van der Waals surface area contributed by atoms with Crippen molar-refractivity contribution in [3.8, 4) is 0 Å². The molecule has 8 heteroatoms. The van der Waals surface area contributed by atoms with E-state index in [1.54, 1.807) is 0 Å². The fourth-order valence-electron chi connectivity index (χ4n) is 1.35. The third-order valence-corrected chi connectivity index (χ3v) is 5.11. The second-order valence-corrected chi connectivity index (χ2v) is 6.94. The molecule has 1 heterocycles. The van der Waals surface area contributed by atoms with Crippen molar-refractivity contribution in [3.05, 3.63) is 16.5 Å². The van der Waals surface area contributed by atoms with E-state index in [1.165, 1.54) is 6.07 Å². The van der Waals surface area contributed by atoms with Crippen molar-refractivity contribution in [1.29, 1.82) is 0 Å². The Kier molecular flexibility index (Phi) is 6.00. The van der Waals surface area contributed by atoms with E-state index in [0.29, 0.717) is 19.1 Å². The highest BCUT2D eigenvalue weighted by Crippen LogP contribution is 2.25. The monoisotopic (exact) mass is 354 g/mol. The number of rotatable bonds is 7. The van der Waals surface area contributed by atoms with Crippen molar-refractivity contribution in [2.45, 2.75) is 31.4 Å². The molecule has 1 rings (SSSR count). The lowest BCUT2D eigenvalue weighted by Gasteiger charge is -2.20. The van der Waals surface area contributed by atoms with Gasteiger partial charge in [0, 0.05) is 25.2 Å². The summed E-state index contributed by atoms with van der Waals surface area (Å²) < 4.78 is 31.7. The normalized spacial score (nSPS) is 12.6. The molecule has 110 valence electrons. The summed E-state index contributed by atoms with van der Waals surface area (Å²) in [5.41, 5.74) is 0. The molecule has 19 heavy (non-hydrogen) atoms. The number of hydrogen-bond donors (Lipinski definition) is 2. The fourth-order valence-corrected chi connectivity index (χ4v) is 3.37. The second-order valence-electron chi connectivity index (χ2n) is 4.48. The minimum atomic E-state index is -3.63. The van der Waals surface area contributed by atoms with E-state index >= 15 is 0 Å². The van der Waals surface area contributed by atoms with Gasteiger partial charge in [0.1, 0.15) is 17.3 Å². The lowest BCUT2D eigenvalue weighted by Crippen LogP contribution is -2.36. The number of nitrogens with zero attached hydrogens (tertiary/aromatic N) is 1. The standard InChI is InChI=1S/C11H19BrN2O4S/c1-8(2)14(3)5-4-13-19(16,17)10-6-9(7-15)18-11(10)12/h6,8,13,15H,4-5,7H2,1-3H3. The van der Waals surface area contributed by atoms with Gasteiger partial charge in [-0.1, -0.05) is 0 Å². The van der Waals surface area contributed by atoms with E-state index in [0.717, 1.165) is 0 Å². The van der Waals surface area contributed by atoms with Crippen LogP contribution in [0.3, 0.4) is 0 Å². The van der Waals surface area contributed by atoms with Gasteiger partial charge in [0.15, 0.2) is 4.67 Å². The molecule has 1 aromatic rings. The molecule has 0 aromatic carbocycles. The highest BCUT2D eigenvalue weighted by molar-refractivity contribution is 9.10. The second kappa shape index (κ2) is 6.85. The predicted molar refractivity (Wildman–Crippen MR) is 75.3 cm³/mol. The van der Waals surface area contributed by atoms with E-state index in [1.807, 2.05) is 25.8 Å². The van der Waals surface area contributed by atoms with Gasteiger partial charge in [0.2, 0.25) is 10.0 Å². The summed E-state index contributed by atoms with van der Waals surface area (Å²) in [6.07, 6.45) is 0. The number of aliphatic hydroxyl groups excluding tert-OH is 1. The molecule has 0 saturated carbocycles. The first-order valence-electron chi connectivity index (χ1n) is 5.87. The molecule has 0 aliphatic carbocycles. The molecular formula is C11H19BrN2O4S. The first-order valence-corrected chi connectivity index (χ1v) is 8.14. The molecule has 0 aliphatic rings. The highest BCUT2D eigenvalue weighted by atomic mass is 79.9. The number of nitrogens with one attached hydrogen (secondary N) is 1. The molecular weight excluding hydrogens is 336 g/mol. The summed E-state index contributed by atoms with van der Waals surface area (Å²) in [7, 11) is -1.70. The summed E-state index contributed by atoms with van der Waals surface area (Å²) in [5, 5.41) is 8.91. The van der Waals surface area contributed by atoms with Gasteiger partial charge in [-0.25, -0.2) is 13.1 Å². The van der Waals surface area contributed by atoms with Crippen molar-refractivity contribution in [2.75, 3.05) is 20.1 Å². The zero-order valence-corrected chi connectivity index (χ0v) is 13.6. The zero-order chi connectivity index (χ0) is 14.6. The van der Waals surface area contributed by atoms with Crippen LogP contribution in [0, 0.1) is 0 Å². The van der Waals surface area contributed by atoms with Crippen molar-refractivity contribution >= 4 is 26.0 Å². The molecule has 1 aromatic heterocycles. The summed E-state index contributed by atoms with van der Waals surface area (Å²) >= 11 is 3.03. The van der Waals surface area contributed by atoms with E-state index in [4.69, 9.17) is 9.52 Å². The summed E-state index contributed by atoms with van der Waals surface area (Å²) in [5.74, 6) is 0.201. The number of aliphatic hydroxyl groups is 1. The Morgan fingerprint density at radius 1 is 1.53 bits per heavy atom. The number of hydrogen-bond acceptors (Lipinski definition) is 5. The van der Waals surface area contributed by atoms with Gasteiger partial charge >= 0.3 is 0 Å². The van der Waals surface area contributed by atoms with Crippen LogP contribution >= 0.6 is 15.9 Å². The van der Waals surface area contributed by atoms with Gasteiger partial charge in [0.05, 0.1) is 0 Å². The van der Waals surface area contributed by atoms with Crippen LogP contribution in [0.1, 0.15) is 19.6 Å². The van der Waals surface area contributed by atoms with Crippen molar-refractivity contribution in [2.24, 2.45) is 0 Å². The maximum absolute atomic E-state index is 12.0. The quantitative estimate of drug-likeness (QED) is 0.767. The Hall–Kier alpha value is -0.410. The van der Waals surface area contributed by atoms with Gasteiger partial charge in [-0.3, -0.25) is 0 Å². The van der Waals surface area contributed by atoms with E-state index in [-0.39, 0.29) is 21.9 Å². The van der Waals surface area contributed by atoms with Gasteiger partial charge in [-0.05, 0) is 36.8 Å². The molecule has 2 N–H and O–H groups in total. The Balaban J connectivity index is 2.68. The Bertz CT molecular complexity index is 513. The Morgan fingerprint density at radius 2 is 2.16 bits per heavy atom. The maximum Gasteiger partial charge on any atom is 0.245 e. The molecule has 6 nitrogen and oxygen atoms in total. The predicted octanol–water partition coefficient (Wildman–Crippen LogP) is 1.15. The Morgan fingerprint density at radius 3 is 2.63 bits per heavy atom. The molecule has 0 fully saturated rings. The third-order valence-electron chi connectivity index (χ3n) is 2.79. The van der Waals surface area contributed by atoms with Crippen LogP contribution in [0.15, 0.2) is 20.0 Å². The minimum absolute atomic E-state index is 0.00347. The van der Waals surface area contributed by atoms with Crippen LogP contribution < -0.4 is 4.72 Å². The van der Waals surface area contributed by atoms with Crippen LogP contribution in [-0.4, -0.2) is 44.6 Å². The average molecular weight is 355 g/mol. The van der Waals surface area contributed by atoms with Crippen LogP contribution in [0.2, 0.25) is 0 Å². The molecule has 0 bridgehead atoms.